The first-order valence-electron chi connectivity index (χ1n) is 19.0. The van der Waals surface area contributed by atoms with Crippen LogP contribution in [0, 0.1) is 41.4 Å². The number of carboxylic acid groups (broad SMARTS) is 1. The van der Waals surface area contributed by atoms with Gasteiger partial charge in [0.15, 0.2) is 0 Å². The maximum Gasteiger partial charge on any atom is 0.330 e. The number of nitrogens with one attached hydrogen (secondary N) is 2. The lowest BCUT2D eigenvalue weighted by atomic mass is 9.84. The van der Waals surface area contributed by atoms with Gasteiger partial charge in [-0.1, -0.05) is 106 Å². The van der Waals surface area contributed by atoms with Crippen molar-refractivity contribution >= 4 is 29.6 Å². The van der Waals surface area contributed by atoms with Crippen molar-refractivity contribution in [1.82, 2.24) is 20.4 Å². The van der Waals surface area contributed by atoms with Gasteiger partial charge >= 0.3 is 5.97 Å². The van der Waals surface area contributed by atoms with E-state index in [9.17, 15) is 29.1 Å². The van der Waals surface area contributed by atoms with E-state index >= 15 is 0 Å². The zero-order valence-electron chi connectivity index (χ0n) is 33.7. The molecule has 52 heavy (non-hydrogen) atoms. The van der Waals surface area contributed by atoms with Gasteiger partial charge in [-0.15, -0.1) is 0 Å². The van der Waals surface area contributed by atoms with Crippen LogP contribution in [0.5, 0.6) is 0 Å². The lowest BCUT2D eigenvalue weighted by molar-refractivity contribution is -0.145. The largest absolute Gasteiger partial charge is 0.479 e. The van der Waals surface area contributed by atoms with Crippen molar-refractivity contribution in [1.29, 1.82) is 0 Å². The molecule has 2 unspecified atom stereocenters. The minimum absolute atomic E-state index is 0.0705. The van der Waals surface area contributed by atoms with E-state index in [2.05, 4.69) is 31.1 Å². The van der Waals surface area contributed by atoms with E-state index < -0.39 is 41.4 Å². The number of carbonyl (C=O) groups excluding carboxylic acids is 4. The number of amides is 4. The number of likely N-dealkylation sites (N-methyl/N-ethyl adjacent to an activating group) is 1. The number of nitrogens with zero attached hydrogens (tertiary/aromatic N) is 2. The van der Waals surface area contributed by atoms with E-state index in [1.807, 2.05) is 66.7 Å². The van der Waals surface area contributed by atoms with Crippen molar-refractivity contribution in [2.75, 3.05) is 20.7 Å². The molecule has 4 amide bonds. The predicted molar refractivity (Wildman–Crippen MR) is 205 cm³/mol. The number of aliphatic carboxylic acids is 1. The van der Waals surface area contributed by atoms with E-state index in [0.717, 1.165) is 12.0 Å². The molecule has 0 spiro atoms. The molecule has 0 bridgehead atoms. The predicted octanol–water partition coefficient (Wildman–Crippen LogP) is 5.73. The molecule has 2 rings (SSSR count). The molecule has 9 atom stereocenters. The summed E-state index contributed by atoms with van der Waals surface area (Å²) in [5.74, 6) is -3.69. The first-order valence-corrected chi connectivity index (χ1v) is 19.0. The summed E-state index contributed by atoms with van der Waals surface area (Å²) >= 11 is 0. The second-order valence-electron chi connectivity index (χ2n) is 15.6. The summed E-state index contributed by atoms with van der Waals surface area (Å²) < 4.78 is 5.84. The zero-order chi connectivity index (χ0) is 39.7. The second kappa shape index (κ2) is 19.4. The van der Waals surface area contributed by atoms with Crippen LogP contribution in [0.4, 0.5) is 0 Å². The Kier molecular flexibility index (Phi) is 16.6. The molecule has 1 aliphatic carbocycles. The molecule has 1 fully saturated rings. The van der Waals surface area contributed by atoms with Crippen LogP contribution in [0.25, 0.3) is 0 Å². The second-order valence-corrected chi connectivity index (χ2v) is 15.6. The molecule has 11 nitrogen and oxygen atoms in total. The fourth-order valence-electron chi connectivity index (χ4n) is 7.34. The third-order valence-electron chi connectivity index (χ3n) is 11.3. The van der Waals surface area contributed by atoms with Crippen molar-refractivity contribution in [3.05, 3.63) is 48.2 Å². The van der Waals surface area contributed by atoms with Crippen molar-refractivity contribution in [3.8, 4) is 0 Å². The van der Waals surface area contributed by atoms with Gasteiger partial charge in [-0.05, 0) is 49.0 Å². The summed E-state index contributed by atoms with van der Waals surface area (Å²) in [4.78, 5) is 70.5. The summed E-state index contributed by atoms with van der Waals surface area (Å²) in [5, 5.41) is 16.0. The van der Waals surface area contributed by atoms with Crippen molar-refractivity contribution in [3.63, 3.8) is 0 Å². The van der Waals surface area contributed by atoms with Gasteiger partial charge in [0.2, 0.25) is 23.6 Å². The Bertz CT molecular complexity index is 1400. The van der Waals surface area contributed by atoms with E-state index in [-0.39, 0.29) is 66.2 Å². The molecular weight excluding hydrogens is 660 g/mol. The molecule has 1 heterocycles. The van der Waals surface area contributed by atoms with Gasteiger partial charge in [0, 0.05) is 50.7 Å². The summed E-state index contributed by atoms with van der Waals surface area (Å²) in [6, 6.07) is -0.976. The molecule has 11 heteroatoms. The molecule has 292 valence electrons. The Balaban J connectivity index is 2.25. The fraction of sp³-hybridized carbons (Fsp3) is 0.683. The average Bonchev–Trinajstić information content (AvgIpc) is 3.61. The molecule has 0 aromatic carbocycles. The SMILES string of the molecule is C=C/C(=C\C=C/C)[C@@H]1CC1(NC(=O)C(C)[C@@H](OC)C1=CCCN1C(=O)C[C@@H](C)[C@H]([C@@H](C)CC)N(C)C(=O)[C@@H](NC(=O)[C@@H](C)C(C)C)C(C)C)C(=O)O. The molecule has 1 saturated carbocycles. The van der Waals surface area contributed by atoms with Crippen LogP contribution in [-0.2, 0) is 28.7 Å². The smallest absolute Gasteiger partial charge is 0.330 e. The number of rotatable bonds is 20. The third-order valence-corrected chi connectivity index (χ3v) is 11.3. The first kappa shape index (κ1) is 44.4. The maximum absolute atomic E-state index is 14.0. The average molecular weight is 727 g/mol. The van der Waals surface area contributed by atoms with Gasteiger partial charge < -0.3 is 30.3 Å². The summed E-state index contributed by atoms with van der Waals surface area (Å²) in [5.41, 5.74) is -0.141. The van der Waals surface area contributed by atoms with Crippen LogP contribution in [0.2, 0.25) is 0 Å². The Morgan fingerprint density at radius 1 is 1.04 bits per heavy atom. The number of carboxylic acids is 1. The minimum Gasteiger partial charge on any atom is -0.479 e. The maximum atomic E-state index is 14.0. The van der Waals surface area contributed by atoms with Gasteiger partial charge in [0.1, 0.15) is 17.7 Å². The molecule has 0 aromatic heterocycles. The normalized spacial score (nSPS) is 23.0. The Morgan fingerprint density at radius 2 is 1.67 bits per heavy atom. The molecule has 0 aromatic rings. The Morgan fingerprint density at radius 3 is 2.17 bits per heavy atom. The number of carbonyl (C=O) groups is 5. The van der Waals surface area contributed by atoms with Crippen LogP contribution < -0.4 is 10.6 Å². The molecule has 0 radical (unpaired) electrons. The lowest BCUT2D eigenvalue weighted by Gasteiger charge is -2.40. The zero-order valence-corrected chi connectivity index (χ0v) is 33.7. The molecule has 1 aliphatic heterocycles. The number of methoxy groups -OCH3 is 1. The summed E-state index contributed by atoms with van der Waals surface area (Å²) in [7, 11) is 3.24. The number of hydrogen-bond donors (Lipinski definition) is 3. The monoisotopic (exact) mass is 726 g/mol. The van der Waals surface area contributed by atoms with Gasteiger partial charge in [0.05, 0.1) is 5.92 Å². The quantitative estimate of drug-likeness (QED) is 0.136. The van der Waals surface area contributed by atoms with Crippen LogP contribution in [0.15, 0.2) is 48.2 Å². The minimum atomic E-state index is -1.45. The van der Waals surface area contributed by atoms with Crippen molar-refractivity contribution in [2.45, 2.75) is 119 Å². The van der Waals surface area contributed by atoms with Gasteiger partial charge in [-0.2, -0.15) is 0 Å². The number of ether oxygens (including phenoxy) is 1. The van der Waals surface area contributed by atoms with Gasteiger partial charge in [-0.3, -0.25) is 19.2 Å². The molecule has 0 saturated heterocycles. The highest BCUT2D eigenvalue weighted by Gasteiger charge is 2.63. The topological polar surface area (TPSA) is 145 Å². The fourth-order valence-corrected chi connectivity index (χ4v) is 7.34. The van der Waals surface area contributed by atoms with E-state index in [4.69, 9.17) is 4.74 Å². The molecule has 2 aliphatic rings. The molecule has 3 N–H and O–H groups in total. The van der Waals surface area contributed by atoms with Crippen LogP contribution >= 0.6 is 0 Å². The van der Waals surface area contributed by atoms with Crippen molar-refractivity contribution < 1.29 is 33.8 Å². The third kappa shape index (κ3) is 10.2. The summed E-state index contributed by atoms with van der Waals surface area (Å²) in [6.45, 7) is 23.6. The Labute approximate surface area is 312 Å². The van der Waals surface area contributed by atoms with E-state index in [1.165, 1.54) is 7.11 Å². The highest BCUT2D eigenvalue weighted by atomic mass is 16.5. The summed E-state index contributed by atoms with van der Waals surface area (Å²) in [6.07, 6.45) is 9.94. The standard InChI is InChI=1S/C41H66N4O7/c1-14-17-19-30(16-3)31-23-41(31,40(50)51)43-38(48)29(11)36(52-13)32-20-18-21-45(32)33(46)22-27(9)35(26(8)15-2)44(12)39(49)34(25(6)7)42-37(47)28(10)24(4)5/h14,16-17,19-20,24-29,31,34-36H,3,15,18,21-23H2,1-2,4-13H3,(H,42,47)(H,43,48)(H,50,51)/b17-14-,30-19+/t26-,27+,28-,29?,31-,34-,35-,36+,41?/m0/s1. The van der Waals surface area contributed by atoms with Gasteiger partial charge in [0.25, 0.3) is 0 Å². The number of hydrogen-bond acceptors (Lipinski definition) is 6. The van der Waals surface area contributed by atoms with Gasteiger partial charge in [-0.25, -0.2) is 4.79 Å². The number of allylic oxidation sites excluding steroid dienone is 4. The first-order chi connectivity index (χ1) is 24.3. The van der Waals surface area contributed by atoms with Crippen LogP contribution in [-0.4, -0.2) is 88.9 Å². The van der Waals surface area contributed by atoms with E-state index in [1.54, 1.807) is 35.9 Å². The lowest BCUT2D eigenvalue weighted by Crippen LogP contribution is -2.56. The van der Waals surface area contributed by atoms with E-state index in [0.29, 0.717) is 18.7 Å². The highest BCUT2D eigenvalue weighted by Crippen LogP contribution is 2.49. The molecular formula is C41H66N4O7. The van der Waals surface area contributed by atoms with Crippen LogP contribution in [0.3, 0.4) is 0 Å². The Hall–Kier alpha value is -3.73. The van der Waals surface area contributed by atoms with Crippen LogP contribution in [0.1, 0.15) is 94.9 Å². The highest BCUT2D eigenvalue weighted by molar-refractivity contribution is 5.92. The van der Waals surface area contributed by atoms with Crippen molar-refractivity contribution in [2.24, 2.45) is 41.4 Å².